The molecule has 2 heterocycles. The second-order valence-electron chi connectivity index (χ2n) is 10.2. The summed E-state index contributed by atoms with van der Waals surface area (Å²) in [4.78, 5) is 43.5. The van der Waals surface area contributed by atoms with E-state index in [1.165, 1.54) is 46.6 Å². The van der Waals surface area contributed by atoms with Crippen LogP contribution in [0.1, 0.15) is 48.1 Å². The van der Waals surface area contributed by atoms with E-state index in [0.29, 0.717) is 4.88 Å². The van der Waals surface area contributed by atoms with Crippen LogP contribution in [0.2, 0.25) is 0 Å². The van der Waals surface area contributed by atoms with E-state index in [0.717, 1.165) is 18.2 Å². The van der Waals surface area contributed by atoms with Gasteiger partial charge < -0.3 is 15.2 Å². The van der Waals surface area contributed by atoms with Crippen molar-refractivity contribution in [1.29, 1.82) is 0 Å². The number of rotatable bonds is 7. The normalized spacial score (nSPS) is 20.5. The van der Waals surface area contributed by atoms with Gasteiger partial charge >= 0.3 is 18.1 Å². The maximum absolute atomic E-state index is 14.6. The van der Waals surface area contributed by atoms with Crippen LogP contribution in [0.5, 0.6) is 0 Å². The number of halogens is 4. The second-order valence-corrected chi connectivity index (χ2v) is 11.2. The molecule has 0 radical (unpaired) electrons. The third-order valence-electron chi connectivity index (χ3n) is 7.60. The number of allylic oxidation sites excluding steroid dienone is 2. The Morgan fingerprint density at radius 1 is 1.02 bits per heavy atom. The van der Waals surface area contributed by atoms with Crippen LogP contribution in [-0.2, 0) is 30.0 Å². The summed E-state index contributed by atoms with van der Waals surface area (Å²) >= 11 is 1.31. The Kier molecular flexibility index (Phi) is 8.64. The Hall–Kier alpha value is -4.45. The fourth-order valence-electron chi connectivity index (χ4n) is 5.84. The molecule has 0 saturated heterocycles. The molecule has 5 rings (SSSR count). The number of hydrogen-bond donors (Lipinski definition) is 1. The minimum Gasteiger partial charge on any atom is -0.465 e. The number of thiophene rings is 1. The third-order valence-corrected chi connectivity index (χ3v) is 8.60. The molecular formula is C32H28F4N2O5S. The van der Waals surface area contributed by atoms with Crippen LogP contribution in [0.3, 0.4) is 0 Å². The highest BCUT2D eigenvalue weighted by Crippen LogP contribution is 2.52. The lowest BCUT2D eigenvalue weighted by Gasteiger charge is -2.44. The van der Waals surface area contributed by atoms with Gasteiger partial charge in [0.05, 0.1) is 30.3 Å². The molecule has 2 aliphatic rings. The molecule has 1 aromatic heterocycles. The predicted molar refractivity (Wildman–Crippen MR) is 155 cm³/mol. The molecule has 0 unspecified atom stereocenters. The van der Waals surface area contributed by atoms with Crippen molar-refractivity contribution in [2.24, 2.45) is 11.7 Å². The molecule has 0 fully saturated rings. The van der Waals surface area contributed by atoms with E-state index in [1.807, 2.05) is 0 Å². The van der Waals surface area contributed by atoms with E-state index in [-0.39, 0.29) is 53.5 Å². The standard InChI is InChI=1S/C32H28F4N2O5S/c1-3-42-30(40)25-21(23-12-7-13-44-23)16-22-26(28(25)39)24(17-8-5-10-19(33)14-17)27(31(41)43-4-2)29(37)38(22)20-11-6-9-18(15-20)32(34,35)36/h5-15,21,24-25H,3-4,16,37H2,1-2H3/t21-,24+,25-/m1/s1. The molecule has 1 aliphatic heterocycles. The van der Waals surface area contributed by atoms with Crippen molar-refractivity contribution in [3.8, 4) is 0 Å². The number of hydrogen-bond acceptors (Lipinski definition) is 8. The van der Waals surface area contributed by atoms with Gasteiger partial charge in [-0.1, -0.05) is 24.3 Å². The number of esters is 2. The first-order chi connectivity index (χ1) is 21.0. The number of ether oxygens (including phenoxy) is 2. The number of Topliss-reactive ketones (excluding diaryl/α,β-unsaturated/α-hetero) is 1. The van der Waals surface area contributed by atoms with Gasteiger partial charge in [-0.3, -0.25) is 14.5 Å². The van der Waals surface area contributed by atoms with Gasteiger partial charge in [-0.25, -0.2) is 9.18 Å². The quantitative estimate of drug-likeness (QED) is 0.183. The third kappa shape index (κ3) is 5.61. The number of carbonyl (C=O) groups excluding carboxylic acids is 3. The lowest BCUT2D eigenvalue weighted by molar-refractivity contribution is -0.152. The first-order valence-corrected chi connectivity index (χ1v) is 14.7. The van der Waals surface area contributed by atoms with E-state index >= 15 is 0 Å². The Bertz CT molecular complexity index is 1660. The zero-order valence-corrected chi connectivity index (χ0v) is 24.5. The minimum atomic E-state index is -4.70. The SMILES string of the molecule is CCOC(=O)C1=C(N)N(c2cccc(C(F)(F)F)c2)C2=C(C(=O)[C@H](C(=O)OCC)[C@@H](c3cccs3)C2)[C@@H]1c1cccc(F)c1. The molecule has 230 valence electrons. The lowest BCUT2D eigenvalue weighted by Crippen LogP contribution is -2.46. The summed E-state index contributed by atoms with van der Waals surface area (Å²) in [6.07, 6.45) is -4.73. The fraction of sp³-hybridized carbons (Fsp3) is 0.281. The van der Waals surface area contributed by atoms with Crippen LogP contribution < -0.4 is 10.6 Å². The Balaban J connectivity index is 1.84. The van der Waals surface area contributed by atoms with Crippen molar-refractivity contribution < 1.29 is 41.4 Å². The topological polar surface area (TPSA) is 98.9 Å². The summed E-state index contributed by atoms with van der Waals surface area (Å²) in [6, 6.07) is 13.1. The van der Waals surface area contributed by atoms with Crippen molar-refractivity contribution in [1.82, 2.24) is 0 Å². The summed E-state index contributed by atoms with van der Waals surface area (Å²) in [5, 5.41) is 1.78. The molecule has 0 saturated carbocycles. The fourth-order valence-corrected chi connectivity index (χ4v) is 6.71. The molecular weight excluding hydrogens is 600 g/mol. The molecule has 44 heavy (non-hydrogen) atoms. The number of ketones is 1. The largest absolute Gasteiger partial charge is 0.465 e. The van der Waals surface area contributed by atoms with E-state index in [1.54, 1.807) is 31.4 Å². The van der Waals surface area contributed by atoms with Crippen LogP contribution >= 0.6 is 11.3 Å². The van der Waals surface area contributed by atoms with Gasteiger partial charge in [-0.2, -0.15) is 13.2 Å². The smallest absolute Gasteiger partial charge is 0.416 e. The van der Waals surface area contributed by atoms with E-state index in [4.69, 9.17) is 15.2 Å². The zero-order chi connectivity index (χ0) is 31.8. The molecule has 2 N–H and O–H groups in total. The minimum absolute atomic E-state index is 0.00368. The summed E-state index contributed by atoms with van der Waals surface area (Å²) in [5.41, 5.74) is 5.66. The number of alkyl halides is 3. The molecule has 3 atom stereocenters. The average molecular weight is 629 g/mol. The van der Waals surface area contributed by atoms with Gasteiger partial charge in [0.1, 0.15) is 17.6 Å². The first-order valence-electron chi connectivity index (χ1n) is 13.8. The monoisotopic (exact) mass is 628 g/mol. The van der Waals surface area contributed by atoms with Gasteiger partial charge in [0, 0.05) is 27.8 Å². The second kappa shape index (κ2) is 12.3. The van der Waals surface area contributed by atoms with E-state index < -0.39 is 53.0 Å². The number of benzene rings is 2. The molecule has 3 aromatic rings. The highest BCUT2D eigenvalue weighted by Gasteiger charge is 2.51. The van der Waals surface area contributed by atoms with E-state index in [9.17, 15) is 31.9 Å². The van der Waals surface area contributed by atoms with Gasteiger partial charge in [0.25, 0.3) is 0 Å². The van der Waals surface area contributed by atoms with Gasteiger partial charge in [0.2, 0.25) is 0 Å². The summed E-state index contributed by atoms with van der Waals surface area (Å²) in [6.45, 7) is 3.07. The van der Waals surface area contributed by atoms with Crippen LogP contribution in [-0.4, -0.2) is 30.9 Å². The Morgan fingerprint density at radius 3 is 2.39 bits per heavy atom. The summed E-state index contributed by atoms with van der Waals surface area (Å²) in [7, 11) is 0. The average Bonchev–Trinajstić information content (AvgIpc) is 3.51. The molecule has 0 amide bonds. The summed E-state index contributed by atoms with van der Waals surface area (Å²) < 4.78 is 66.7. The molecule has 0 spiro atoms. The first kappa shape index (κ1) is 31.0. The maximum Gasteiger partial charge on any atom is 0.416 e. The zero-order valence-electron chi connectivity index (χ0n) is 23.7. The highest BCUT2D eigenvalue weighted by molar-refractivity contribution is 7.10. The van der Waals surface area contributed by atoms with Gasteiger partial charge in [-0.15, -0.1) is 11.3 Å². The van der Waals surface area contributed by atoms with Gasteiger partial charge in [0.15, 0.2) is 5.78 Å². The van der Waals surface area contributed by atoms with E-state index in [2.05, 4.69) is 0 Å². The van der Waals surface area contributed by atoms with Crippen LogP contribution in [0.15, 0.2) is 88.7 Å². The van der Waals surface area contributed by atoms with Crippen molar-refractivity contribution in [2.75, 3.05) is 18.1 Å². The molecule has 0 bridgehead atoms. The molecule has 2 aromatic carbocycles. The number of nitrogens with two attached hydrogens (primary N) is 1. The molecule has 12 heteroatoms. The Labute approximate surface area is 254 Å². The number of carbonyl (C=O) groups is 3. The highest BCUT2D eigenvalue weighted by atomic mass is 32.1. The predicted octanol–water partition coefficient (Wildman–Crippen LogP) is 6.43. The Morgan fingerprint density at radius 2 is 1.75 bits per heavy atom. The van der Waals surface area contributed by atoms with Crippen LogP contribution in [0.4, 0.5) is 23.2 Å². The summed E-state index contributed by atoms with van der Waals surface area (Å²) in [5.74, 6) is -6.74. The van der Waals surface area contributed by atoms with Crippen LogP contribution in [0.25, 0.3) is 0 Å². The van der Waals surface area contributed by atoms with Crippen molar-refractivity contribution in [3.63, 3.8) is 0 Å². The molecule has 7 nitrogen and oxygen atoms in total. The van der Waals surface area contributed by atoms with Crippen molar-refractivity contribution in [3.05, 3.63) is 111 Å². The molecule has 1 aliphatic carbocycles. The lowest BCUT2D eigenvalue weighted by atomic mass is 9.68. The van der Waals surface area contributed by atoms with Crippen molar-refractivity contribution in [2.45, 2.75) is 38.3 Å². The van der Waals surface area contributed by atoms with Crippen molar-refractivity contribution >= 4 is 34.7 Å². The van der Waals surface area contributed by atoms with Crippen LogP contribution in [0, 0.1) is 11.7 Å². The number of nitrogens with zero attached hydrogens (tertiary/aromatic N) is 1. The van der Waals surface area contributed by atoms with Gasteiger partial charge in [-0.05, 0) is 67.6 Å². The maximum atomic E-state index is 14.6. The number of anilines is 1.